The fourth-order valence-electron chi connectivity index (χ4n) is 5.08. The molecule has 0 aromatic heterocycles. The first-order chi connectivity index (χ1) is 18.4. The molecular formula is C30H35Cl2F2N3ORu. The van der Waals surface area contributed by atoms with Crippen LogP contribution in [0.2, 0.25) is 0 Å². The molecule has 1 heterocycles. The Balaban J connectivity index is 0.000000231. The molecule has 1 amide bonds. The van der Waals surface area contributed by atoms with Crippen LogP contribution >= 0.6 is 19.4 Å². The summed E-state index contributed by atoms with van der Waals surface area (Å²) in [5.74, 6) is -1.08. The van der Waals surface area contributed by atoms with Crippen molar-refractivity contribution in [3.8, 4) is 0 Å². The van der Waals surface area contributed by atoms with E-state index in [0.717, 1.165) is 18.0 Å². The van der Waals surface area contributed by atoms with Gasteiger partial charge in [-0.3, -0.25) is 0 Å². The van der Waals surface area contributed by atoms with Gasteiger partial charge in [0.25, 0.3) is 0 Å². The summed E-state index contributed by atoms with van der Waals surface area (Å²) in [6.07, 6.45) is -2.97. The molecule has 0 bridgehead atoms. The molecule has 4 nitrogen and oxygen atoms in total. The molecule has 4 rings (SSSR count). The average Bonchev–Trinajstić information content (AvgIpc) is 3.30. The number of halogens is 4. The van der Waals surface area contributed by atoms with Crippen LogP contribution < -0.4 is 14.7 Å². The first-order valence-corrected chi connectivity index (χ1v) is 17.9. The van der Waals surface area contributed by atoms with Crippen LogP contribution in [0.1, 0.15) is 33.4 Å². The Hall–Kier alpha value is -2.34. The number of alkyl halides is 2. The predicted octanol–water partition coefficient (Wildman–Crippen LogP) is 7.93. The van der Waals surface area contributed by atoms with E-state index in [4.69, 9.17) is 19.4 Å². The van der Waals surface area contributed by atoms with E-state index in [-0.39, 0.29) is 0 Å². The molecule has 1 N–H and O–H groups in total. The summed E-state index contributed by atoms with van der Waals surface area (Å²) in [5.41, 5.74) is 11.2. The molecule has 212 valence electrons. The van der Waals surface area contributed by atoms with E-state index in [9.17, 15) is 13.6 Å². The van der Waals surface area contributed by atoms with Crippen LogP contribution in [0.3, 0.4) is 0 Å². The zero-order valence-electron chi connectivity index (χ0n) is 23.0. The molecule has 0 radical (unpaired) electrons. The first kappa shape index (κ1) is 31.2. The number of nitrogens with zero attached hydrogens (tertiary/aromatic N) is 3. The number of para-hydroxylation sites is 1. The number of benzene rings is 3. The van der Waals surface area contributed by atoms with Crippen LogP contribution in [-0.2, 0) is 13.5 Å². The quantitative estimate of drug-likeness (QED) is 0.158. The second kappa shape index (κ2) is 13.8. The summed E-state index contributed by atoms with van der Waals surface area (Å²) in [6, 6.07) is 17.3. The van der Waals surface area contributed by atoms with Crippen LogP contribution in [0, 0.1) is 48.2 Å². The Labute approximate surface area is 243 Å². The van der Waals surface area contributed by atoms with Gasteiger partial charge < -0.3 is 9.80 Å². The van der Waals surface area contributed by atoms with Crippen LogP contribution in [0.5, 0.6) is 0 Å². The van der Waals surface area contributed by atoms with Crippen molar-refractivity contribution >= 4 is 47.1 Å². The van der Waals surface area contributed by atoms with Crippen molar-refractivity contribution in [1.29, 1.82) is 0 Å². The second-order valence-corrected chi connectivity index (χ2v) is 15.3. The standard InChI is InChI=1S/C21H27N2.C9H7F2NO.2ClH.Ru/c1-14-9-16(3)20(17(4)10-14)22-7-8-23(13-22)21-18(5)11-15(2)12-19(21)6;1-12(9(13)8(10)11)7-5-3-2-4-6-7;;;/h9-13H,7-8H2,1-6H3;1-6,8H;2*1H;/q-1;;;;+2/p-1. The number of amides is 1. The van der Waals surface area contributed by atoms with E-state index >= 15 is 0 Å². The topological polar surface area (TPSA) is 31.1 Å². The van der Waals surface area contributed by atoms with Gasteiger partial charge in [-0.2, -0.15) is 6.67 Å². The van der Waals surface area contributed by atoms with Crippen LogP contribution in [0.4, 0.5) is 25.8 Å². The van der Waals surface area contributed by atoms with Crippen molar-refractivity contribution in [1.82, 2.24) is 0 Å². The summed E-state index contributed by atoms with van der Waals surface area (Å²) < 4.78 is 26.0. The third kappa shape index (κ3) is 8.09. The molecule has 1 aliphatic heterocycles. The normalized spacial score (nSPS) is 13.3. The van der Waals surface area contributed by atoms with Crippen molar-refractivity contribution in [3.05, 3.63) is 94.6 Å². The van der Waals surface area contributed by atoms with Gasteiger partial charge in [-0.15, -0.1) is 0 Å². The van der Waals surface area contributed by atoms with E-state index in [1.165, 1.54) is 49.5 Å². The fraction of sp³-hybridized carbons (Fsp3) is 0.300. The fourth-order valence-corrected chi connectivity index (χ4v) is 6.73. The zero-order chi connectivity index (χ0) is 28.9. The molecule has 0 spiro atoms. The Morgan fingerprint density at radius 1 is 0.846 bits per heavy atom. The number of aryl methyl sites for hydroxylation is 6. The minimum atomic E-state index is -2.97. The summed E-state index contributed by atoms with van der Waals surface area (Å²) in [4.78, 5) is 15.0. The molecule has 0 atom stereocenters. The van der Waals surface area contributed by atoms with Gasteiger partial charge >= 0.3 is 104 Å². The Morgan fingerprint density at radius 2 is 1.26 bits per heavy atom. The Morgan fingerprint density at radius 3 is 1.62 bits per heavy atom. The number of hydrogen-bond donors (Lipinski definition) is 0. The number of anilines is 3. The molecular weight excluding hydrogens is 628 g/mol. The van der Waals surface area contributed by atoms with Crippen molar-refractivity contribution in [2.24, 2.45) is 0 Å². The molecule has 1 saturated heterocycles. The Bertz CT molecular complexity index is 1240. The molecule has 1 fully saturated rings. The van der Waals surface area contributed by atoms with Crippen LogP contribution in [0.15, 0.2) is 54.6 Å². The molecule has 0 aliphatic carbocycles. The summed E-state index contributed by atoms with van der Waals surface area (Å²) in [6.45, 7) is 17.6. The van der Waals surface area contributed by atoms with Gasteiger partial charge in [0.2, 0.25) is 0 Å². The van der Waals surface area contributed by atoms with Crippen molar-refractivity contribution in [2.75, 3.05) is 27.8 Å². The Kier molecular flexibility index (Phi) is 11.1. The van der Waals surface area contributed by atoms with Crippen molar-refractivity contribution in [3.63, 3.8) is 0 Å². The molecule has 0 unspecified atom stereocenters. The summed E-state index contributed by atoms with van der Waals surface area (Å²) in [7, 11) is 11.2. The third-order valence-corrected chi connectivity index (χ3v) is 7.95. The van der Waals surface area contributed by atoms with Gasteiger partial charge in [0.15, 0.2) is 0 Å². The number of hydrogen-bond acceptors (Lipinski definition) is 2. The second-order valence-electron chi connectivity index (χ2n) is 9.66. The van der Waals surface area contributed by atoms with E-state index in [2.05, 4.69) is 82.3 Å². The van der Waals surface area contributed by atoms with E-state index in [0.29, 0.717) is 5.69 Å². The van der Waals surface area contributed by atoms with Crippen LogP contribution in [-0.4, -0.2) is 34.9 Å². The van der Waals surface area contributed by atoms with Gasteiger partial charge in [0.1, 0.15) is 0 Å². The van der Waals surface area contributed by atoms with Gasteiger partial charge in [0.05, 0.1) is 0 Å². The molecule has 0 saturated carbocycles. The maximum atomic E-state index is 12.4. The first-order valence-electron chi connectivity index (χ1n) is 12.4. The maximum absolute atomic E-state index is 12.4. The van der Waals surface area contributed by atoms with Gasteiger partial charge in [-0.05, 0) is 63.8 Å². The van der Waals surface area contributed by atoms with Crippen LogP contribution in [0.25, 0.3) is 0 Å². The average molecular weight is 664 g/mol. The third-order valence-electron chi connectivity index (χ3n) is 6.34. The van der Waals surface area contributed by atoms with Gasteiger partial charge in [0, 0.05) is 24.5 Å². The number of carbonyl (C=O) groups excluding carboxylic acids is 1. The van der Waals surface area contributed by atoms with Crippen molar-refractivity contribution < 1.29 is 27.1 Å². The van der Waals surface area contributed by atoms with E-state index in [1.807, 2.05) is 0 Å². The molecule has 3 aromatic rings. The van der Waals surface area contributed by atoms with Crippen molar-refractivity contribution in [2.45, 2.75) is 48.0 Å². The zero-order valence-corrected chi connectivity index (χ0v) is 26.2. The minimum absolute atomic E-state index is 0.389. The molecule has 39 heavy (non-hydrogen) atoms. The summed E-state index contributed by atoms with van der Waals surface area (Å²) >= 11 is -2.30. The van der Waals surface area contributed by atoms with E-state index in [1.54, 1.807) is 30.3 Å². The summed E-state index contributed by atoms with van der Waals surface area (Å²) in [5, 5.41) is 0. The predicted molar refractivity (Wildman–Crippen MR) is 160 cm³/mol. The van der Waals surface area contributed by atoms with E-state index < -0.39 is 25.9 Å². The molecule has 1 aliphatic rings. The molecule has 9 heteroatoms. The number of rotatable bonds is 5. The monoisotopic (exact) mass is 663 g/mol. The van der Waals surface area contributed by atoms with Gasteiger partial charge in [-0.25, -0.2) is 0 Å². The molecule has 3 aromatic carbocycles. The SMILES string of the molecule is Cc1cc(C)c(N2[CH-]N(c3c(C)cc(C)cc3C)CC2)c(C)c1.[OH+]=C(C(F)F)N([CH]=[Ru]([Cl])[Cl])c1ccccc1. The van der Waals surface area contributed by atoms with Gasteiger partial charge in [-0.1, -0.05) is 35.4 Å².